The van der Waals surface area contributed by atoms with Gasteiger partial charge in [0, 0.05) is 55.5 Å². The monoisotopic (exact) mass is 507 g/mol. The number of para-hydroxylation sites is 1. The molecule has 1 unspecified atom stereocenters. The van der Waals surface area contributed by atoms with E-state index < -0.39 is 12.5 Å². The van der Waals surface area contributed by atoms with E-state index in [4.69, 9.17) is 4.74 Å². The molecule has 0 saturated carbocycles. The van der Waals surface area contributed by atoms with Gasteiger partial charge in [-0.05, 0) is 44.5 Å². The lowest BCUT2D eigenvalue weighted by Gasteiger charge is -2.32. The maximum absolute atomic E-state index is 12.9. The molecule has 0 radical (unpaired) electrons. The average molecular weight is 508 g/mol. The van der Waals surface area contributed by atoms with E-state index in [9.17, 15) is 23.1 Å². The van der Waals surface area contributed by atoms with Crippen LogP contribution in [0.3, 0.4) is 0 Å². The molecule has 1 aliphatic rings. The first-order chi connectivity index (χ1) is 16.9. The minimum absolute atomic E-state index is 0.0507. The second kappa shape index (κ2) is 11.2. The number of anilines is 2. The van der Waals surface area contributed by atoms with Gasteiger partial charge in [-0.1, -0.05) is 12.1 Å². The van der Waals surface area contributed by atoms with Crippen LogP contribution in [0.2, 0.25) is 0 Å². The third kappa shape index (κ3) is 7.59. The van der Waals surface area contributed by atoms with Crippen molar-refractivity contribution in [2.75, 3.05) is 24.3 Å². The predicted octanol–water partition coefficient (Wildman–Crippen LogP) is 4.09. The summed E-state index contributed by atoms with van der Waals surface area (Å²) < 4.78 is 44.1. The number of fused-ring (bicyclic) bond motifs is 1. The molecule has 0 bridgehead atoms. The second-order valence-corrected chi connectivity index (χ2v) is 9.26. The lowest BCUT2D eigenvalue weighted by Crippen LogP contribution is -2.45. The van der Waals surface area contributed by atoms with Gasteiger partial charge in [0.25, 0.3) is 0 Å². The zero-order valence-corrected chi connectivity index (χ0v) is 20.7. The number of aliphatic hydroxyl groups is 1. The average Bonchev–Trinajstić information content (AvgIpc) is 2.77. The number of halogens is 3. The van der Waals surface area contributed by atoms with Gasteiger partial charge in [0.15, 0.2) is 0 Å². The first kappa shape index (κ1) is 27.3. The molecule has 4 N–H and O–H groups in total. The molecule has 1 aliphatic heterocycles. The van der Waals surface area contributed by atoms with Crippen molar-refractivity contribution in [2.24, 2.45) is 0 Å². The van der Waals surface area contributed by atoms with Gasteiger partial charge in [-0.2, -0.15) is 13.2 Å². The van der Waals surface area contributed by atoms with Crippen molar-refractivity contribution in [2.45, 2.75) is 58.3 Å². The van der Waals surface area contributed by atoms with E-state index in [1.54, 1.807) is 32.3 Å². The van der Waals surface area contributed by atoms with Crippen molar-refractivity contribution in [3.05, 3.63) is 53.2 Å². The van der Waals surface area contributed by atoms with Crippen molar-refractivity contribution in [3.8, 4) is 5.75 Å². The van der Waals surface area contributed by atoms with Crippen LogP contribution < -0.4 is 20.7 Å². The van der Waals surface area contributed by atoms with Crippen LogP contribution in [0.5, 0.6) is 5.75 Å². The topological polar surface area (TPSA) is 98.8 Å². The normalized spacial score (nSPS) is 17.5. The van der Waals surface area contributed by atoms with Gasteiger partial charge >= 0.3 is 6.30 Å². The molecule has 1 amide bonds. The molecule has 36 heavy (non-hydrogen) atoms. The molecule has 11 heteroatoms. The lowest BCUT2D eigenvalue weighted by molar-refractivity contribution is -0.125. The highest BCUT2D eigenvalue weighted by atomic mass is 19.4. The van der Waals surface area contributed by atoms with E-state index in [0.29, 0.717) is 29.9 Å². The second-order valence-electron chi connectivity index (χ2n) is 9.26. The largest absolute Gasteiger partial charge is 0.491 e. The Morgan fingerprint density at radius 3 is 2.83 bits per heavy atom. The van der Waals surface area contributed by atoms with Gasteiger partial charge in [-0.3, -0.25) is 10.1 Å². The summed E-state index contributed by atoms with van der Waals surface area (Å²) in [5.41, 5.74) is 1.50. The Morgan fingerprint density at radius 1 is 1.39 bits per heavy atom. The van der Waals surface area contributed by atoms with Crippen molar-refractivity contribution in [3.63, 3.8) is 0 Å². The fraction of sp³-hybridized carbons (Fsp3) is 0.440. The number of nitrogens with one attached hydrogen (secondary N) is 3. The number of likely N-dealkylation sites (N-methyl/N-ethyl adjacent to an activating group) is 1. The molecular formula is C25H32F3N5O3. The van der Waals surface area contributed by atoms with Gasteiger partial charge in [0.2, 0.25) is 5.91 Å². The molecule has 2 aromatic rings. The van der Waals surface area contributed by atoms with Crippen LogP contribution in [-0.4, -0.2) is 52.6 Å². The lowest BCUT2D eigenvalue weighted by atomic mass is 9.97. The summed E-state index contributed by atoms with van der Waals surface area (Å²) in [5.74, 6) is 0.282. The minimum Gasteiger partial charge on any atom is -0.491 e. The number of carbonyl (C=O) groups excluding carboxylic acids is 1. The number of ether oxygens (including phenoxy) is 1. The number of rotatable bonds is 7. The van der Waals surface area contributed by atoms with E-state index in [-0.39, 0.29) is 36.0 Å². The van der Waals surface area contributed by atoms with E-state index in [2.05, 4.69) is 15.6 Å². The number of amides is 1. The number of pyridine rings is 1. The van der Waals surface area contributed by atoms with Crippen molar-refractivity contribution in [1.82, 2.24) is 15.2 Å². The van der Waals surface area contributed by atoms with Crippen LogP contribution in [0.25, 0.3) is 6.08 Å². The molecule has 1 aromatic heterocycles. The molecule has 0 aliphatic carbocycles. The van der Waals surface area contributed by atoms with Crippen LogP contribution in [0.4, 0.5) is 24.7 Å². The molecule has 1 aromatic carbocycles. The van der Waals surface area contributed by atoms with Crippen molar-refractivity contribution < 1.29 is 27.8 Å². The molecule has 8 nitrogen and oxygen atoms in total. The van der Waals surface area contributed by atoms with E-state index in [1.807, 2.05) is 19.9 Å². The SMILES string of the molecule is CCOc1c(CN(C)C(=O)/C=C/c2cnc3c(c2)CNC(C)(C)CC(O)N3)cccc1NC(F)(F)F. The van der Waals surface area contributed by atoms with E-state index in [0.717, 1.165) is 5.56 Å². The Labute approximate surface area is 208 Å². The molecule has 3 rings (SSSR count). The summed E-state index contributed by atoms with van der Waals surface area (Å²) in [7, 11) is 1.56. The Kier molecular flexibility index (Phi) is 8.47. The number of benzene rings is 1. The quantitative estimate of drug-likeness (QED) is 0.331. The van der Waals surface area contributed by atoms with Gasteiger partial charge in [0.1, 0.15) is 17.8 Å². The van der Waals surface area contributed by atoms with Crippen LogP contribution in [0.15, 0.2) is 36.5 Å². The number of nitrogens with zero attached hydrogens (tertiary/aromatic N) is 2. The minimum atomic E-state index is -4.62. The summed E-state index contributed by atoms with van der Waals surface area (Å²) in [6, 6.07) is 6.25. The molecule has 196 valence electrons. The van der Waals surface area contributed by atoms with Crippen LogP contribution in [0.1, 0.15) is 43.9 Å². The van der Waals surface area contributed by atoms with Crippen LogP contribution in [0, 0.1) is 0 Å². The van der Waals surface area contributed by atoms with Crippen LogP contribution in [-0.2, 0) is 17.9 Å². The van der Waals surface area contributed by atoms with Gasteiger partial charge in [0.05, 0.1) is 12.3 Å². The molecule has 0 saturated heterocycles. The Bertz CT molecular complexity index is 1100. The summed E-state index contributed by atoms with van der Waals surface area (Å²) in [5, 5.41) is 18.1. The third-order valence-electron chi connectivity index (χ3n) is 5.62. The number of aliphatic hydroxyl groups excluding tert-OH is 1. The summed E-state index contributed by atoms with van der Waals surface area (Å²) in [6.07, 6.45) is -0.260. The van der Waals surface area contributed by atoms with Crippen molar-refractivity contribution >= 4 is 23.5 Å². The Balaban J connectivity index is 1.73. The number of hydrogen-bond acceptors (Lipinski definition) is 7. The zero-order valence-electron chi connectivity index (χ0n) is 20.7. The smallest absolute Gasteiger partial charge is 0.482 e. The fourth-order valence-electron chi connectivity index (χ4n) is 3.89. The highest BCUT2D eigenvalue weighted by Gasteiger charge is 2.29. The highest BCUT2D eigenvalue weighted by molar-refractivity contribution is 5.91. The molecule has 1 atom stereocenters. The summed E-state index contributed by atoms with van der Waals surface area (Å²) in [4.78, 5) is 18.5. The standard InChI is InChI=1S/C25H32F3N5O3/c1-5-36-22-17(7-6-8-19(22)32-25(26,27)28)15-33(4)21(35)10-9-16-11-18-14-30-24(2,3)12-20(34)31-23(18)29-13-16/h6-11,13,20,30,32,34H,5,12,14-15H2,1-4H3,(H,29,31)/b10-9+. The maximum Gasteiger partial charge on any atom is 0.482 e. The number of alkyl halides is 3. The fourth-order valence-corrected chi connectivity index (χ4v) is 3.89. The Hall–Kier alpha value is -3.31. The zero-order chi connectivity index (χ0) is 26.5. The third-order valence-corrected chi connectivity index (χ3v) is 5.62. The maximum atomic E-state index is 12.9. The molecule has 0 spiro atoms. The molecule has 0 fully saturated rings. The summed E-state index contributed by atoms with van der Waals surface area (Å²) >= 11 is 0. The van der Waals surface area contributed by atoms with E-state index >= 15 is 0 Å². The number of carbonyl (C=O) groups is 1. The molecule has 2 heterocycles. The van der Waals surface area contributed by atoms with Crippen LogP contribution >= 0.6 is 0 Å². The van der Waals surface area contributed by atoms with Gasteiger partial charge in [-0.15, -0.1) is 0 Å². The molecular weight excluding hydrogens is 475 g/mol. The first-order valence-electron chi connectivity index (χ1n) is 11.6. The number of hydrogen-bond donors (Lipinski definition) is 4. The highest BCUT2D eigenvalue weighted by Crippen LogP contribution is 2.33. The number of aromatic nitrogens is 1. The van der Waals surface area contributed by atoms with E-state index in [1.165, 1.54) is 28.4 Å². The predicted molar refractivity (Wildman–Crippen MR) is 132 cm³/mol. The van der Waals surface area contributed by atoms with Gasteiger partial charge < -0.3 is 25.4 Å². The Morgan fingerprint density at radius 2 is 2.14 bits per heavy atom. The van der Waals surface area contributed by atoms with Gasteiger partial charge in [-0.25, -0.2) is 4.98 Å². The summed E-state index contributed by atoms with van der Waals surface area (Å²) in [6.45, 7) is 6.43. The van der Waals surface area contributed by atoms with Crippen molar-refractivity contribution in [1.29, 1.82) is 0 Å². The first-order valence-corrected chi connectivity index (χ1v) is 11.6.